The number of alkyl halides is 13. The molecule has 2 rings (SSSR count). The Morgan fingerprint density at radius 1 is 0.792 bits per heavy atom. The van der Waals surface area contributed by atoms with Gasteiger partial charge in [-0.25, -0.2) is 0 Å². The van der Waals surface area contributed by atoms with E-state index in [4.69, 9.17) is 14.2 Å². The van der Waals surface area contributed by atoms with Crippen molar-refractivity contribution in [2.24, 2.45) is 35.5 Å². The van der Waals surface area contributed by atoms with Crippen LogP contribution in [-0.4, -0.2) is 68.6 Å². The third-order valence-corrected chi connectivity index (χ3v) is 8.99. The van der Waals surface area contributed by atoms with Gasteiger partial charge in [0.2, 0.25) is 0 Å². The Labute approximate surface area is 297 Å². The van der Waals surface area contributed by atoms with Crippen molar-refractivity contribution in [3.63, 3.8) is 0 Å². The molecule has 0 N–H and O–H groups in total. The van der Waals surface area contributed by atoms with Gasteiger partial charge in [-0.1, -0.05) is 61.6 Å². The largest absolute Gasteiger partial charge is 0.502 e. The Hall–Kier alpha value is -3.73. The lowest BCUT2D eigenvalue weighted by atomic mass is 9.81. The van der Waals surface area contributed by atoms with Crippen LogP contribution in [0.3, 0.4) is 0 Å². The molecule has 0 spiro atoms. The molecule has 1 fully saturated rings. The summed E-state index contributed by atoms with van der Waals surface area (Å²) in [6.45, 7) is 2.94. The molecule has 1 aliphatic rings. The number of hydrogen-bond donors (Lipinski definition) is 0. The minimum atomic E-state index is -7.99. The minimum absolute atomic E-state index is 0.0828. The summed E-state index contributed by atoms with van der Waals surface area (Å²) >= 11 is 0. The van der Waals surface area contributed by atoms with E-state index in [9.17, 15) is 57.9 Å². The van der Waals surface area contributed by atoms with Gasteiger partial charge in [-0.2, -0.15) is 57.1 Å². The molecule has 0 bridgehead atoms. The predicted octanol–water partition coefficient (Wildman–Crippen LogP) is 10.2. The summed E-state index contributed by atoms with van der Waals surface area (Å²) in [5.74, 6) is -47.2. The van der Waals surface area contributed by atoms with Crippen LogP contribution in [-0.2, 0) is 23.8 Å². The number of benzene rings is 1. The summed E-state index contributed by atoms with van der Waals surface area (Å²) in [4.78, 5) is 24.9. The molecular formula is C35H39F13O5. The lowest BCUT2D eigenvalue weighted by molar-refractivity contribution is -0.443. The average Bonchev–Trinajstić information content (AvgIpc) is 3.51. The van der Waals surface area contributed by atoms with Crippen molar-refractivity contribution < 1.29 is 80.9 Å². The van der Waals surface area contributed by atoms with Crippen molar-refractivity contribution >= 4 is 18.0 Å². The van der Waals surface area contributed by atoms with Crippen molar-refractivity contribution in [2.45, 2.75) is 75.3 Å². The Balaban J connectivity index is 2.47. The van der Waals surface area contributed by atoms with E-state index < -0.39 is 102 Å². The van der Waals surface area contributed by atoms with Crippen LogP contribution in [0.25, 0.3) is 6.08 Å². The summed E-state index contributed by atoms with van der Waals surface area (Å²) in [6, 6.07) is 8.72. The second kappa shape index (κ2) is 17.6. The lowest BCUT2D eigenvalue weighted by Gasteiger charge is -2.42. The zero-order valence-corrected chi connectivity index (χ0v) is 28.8. The molecule has 0 saturated heterocycles. The van der Waals surface area contributed by atoms with Gasteiger partial charge < -0.3 is 14.2 Å². The summed E-state index contributed by atoms with van der Waals surface area (Å²) in [6.07, 6.45) is -1.97. The first kappa shape index (κ1) is 45.4. The zero-order valence-electron chi connectivity index (χ0n) is 28.8. The maximum atomic E-state index is 15.4. The van der Waals surface area contributed by atoms with Crippen LogP contribution >= 0.6 is 0 Å². The highest BCUT2D eigenvalue weighted by Crippen LogP contribution is 2.63. The molecule has 0 heterocycles. The number of allylic oxidation sites excluding steroid dienone is 4. The van der Waals surface area contributed by atoms with Gasteiger partial charge in [-0.05, 0) is 61.5 Å². The van der Waals surface area contributed by atoms with Crippen molar-refractivity contribution in [2.75, 3.05) is 20.8 Å². The van der Waals surface area contributed by atoms with Gasteiger partial charge in [0.25, 0.3) is 0 Å². The normalized spacial score (nSPS) is 21.3. The van der Waals surface area contributed by atoms with Crippen LogP contribution < -0.4 is 0 Å². The molecule has 6 atom stereocenters. The maximum absolute atomic E-state index is 15.4. The average molecular weight is 787 g/mol. The van der Waals surface area contributed by atoms with Crippen molar-refractivity contribution in [3.8, 4) is 0 Å². The molecule has 0 aliphatic heterocycles. The molecule has 300 valence electrons. The Bertz CT molecular complexity index is 1440. The van der Waals surface area contributed by atoms with Gasteiger partial charge in [0, 0.05) is 5.92 Å². The topological polar surface area (TPSA) is 61.8 Å². The standard InChI is InChI=1S/C35H39F13O5/c1-5-53-16-15-25-18-23(19-27(25)30(36,37)31(38,39)32(40,41)33(42,43)34(44,45)35(46,47)48)12-11-21(2)17-24(14-13-22-9-7-6-8-10-22)26(29(50)52-4)20-28(49)51-3/h6-16,21,23-27H,5,17-20H2,1-4H3/b12-11+,14-13-,16-15-. The number of carbonyl (C=O) groups is 2. The quantitative estimate of drug-likeness (QED) is 0.0642. The first-order valence-electron chi connectivity index (χ1n) is 16.1. The van der Waals surface area contributed by atoms with Crippen LogP contribution in [0, 0.1) is 35.5 Å². The fraction of sp³-hybridized carbons (Fsp3) is 0.600. The van der Waals surface area contributed by atoms with E-state index in [2.05, 4.69) is 0 Å². The van der Waals surface area contributed by atoms with Crippen molar-refractivity contribution in [1.82, 2.24) is 0 Å². The first-order chi connectivity index (χ1) is 24.3. The van der Waals surface area contributed by atoms with Crippen LogP contribution in [0.5, 0.6) is 0 Å². The number of ether oxygens (including phenoxy) is 3. The Kier molecular flexibility index (Phi) is 15.1. The number of halogens is 13. The summed E-state index contributed by atoms with van der Waals surface area (Å²) in [5, 5.41) is 0. The first-order valence-corrected chi connectivity index (χ1v) is 16.1. The molecule has 0 amide bonds. The van der Waals surface area contributed by atoms with E-state index in [1.54, 1.807) is 49.4 Å². The molecular weight excluding hydrogens is 747 g/mol. The third kappa shape index (κ3) is 9.88. The van der Waals surface area contributed by atoms with Gasteiger partial charge in [-0.3, -0.25) is 9.59 Å². The summed E-state index contributed by atoms with van der Waals surface area (Å²) in [7, 11) is 2.20. The highest BCUT2D eigenvalue weighted by atomic mass is 19.4. The smallest absolute Gasteiger partial charge is 0.460 e. The molecule has 0 aromatic heterocycles. The highest BCUT2D eigenvalue weighted by Gasteiger charge is 2.91. The van der Waals surface area contributed by atoms with Gasteiger partial charge >= 0.3 is 47.7 Å². The second-order valence-corrected chi connectivity index (χ2v) is 12.6. The lowest BCUT2D eigenvalue weighted by Crippen LogP contribution is -2.71. The number of hydrogen-bond acceptors (Lipinski definition) is 5. The molecule has 18 heteroatoms. The molecule has 5 nitrogen and oxygen atoms in total. The highest BCUT2D eigenvalue weighted by molar-refractivity contribution is 5.80. The number of rotatable bonds is 18. The summed E-state index contributed by atoms with van der Waals surface area (Å²) in [5.41, 5.74) is 0.716. The second-order valence-electron chi connectivity index (χ2n) is 12.6. The van der Waals surface area contributed by atoms with Gasteiger partial charge in [-0.15, -0.1) is 0 Å². The van der Waals surface area contributed by atoms with Gasteiger partial charge in [0.05, 0.1) is 39.4 Å². The molecule has 6 unspecified atom stereocenters. The van der Waals surface area contributed by atoms with Crippen molar-refractivity contribution in [1.29, 1.82) is 0 Å². The maximum Gasteiger partial charge on any atom is 0.460 e. The van der Waals surface area contributed by atoms with Gasteiger partial charge in [0.15, 0.2) is 0 Å². The number of methoxy groups -OCH3 is 2. The zero-order chi connectivity index (χ0) is 40.6. The fourth-order valence-corrected chi connectivity index (χ4v) is 6.02. The molecule has 1 aromatic rings. The minimum Gasteiger partial charge on any atom is -0.502 e. The van der Waals surface area contributed by atoms with E-state index in [0.717, 1.165) is 26.6 Å². The van der Waals surface area contributed by atoms with Crippen LogP contribution in [0.1, 0.15) is 45.1 Å². The van der Waals surface area contributed by atoms with E-state index in [-0.39, 0.29) is 13.0 Å². The predicted molar refractivity (Wildman–Crippen MR) is 165 cm³/mol. The van der Waals surface area contributed by atoms with Crippen LogP contribution in [0.2, 0.25) is 0 Å². The SMILES string of the molecule is CCO/C=C\C1CC(/C=C/C(C)CC(/C=C\c2ccccc2)C(CC(=O)OC)C(=O)OC)CC1C(F)(F)C(F)(F)C(F)(F)C(F)(F)C(F)(F)C(F)(F)F. The monoisotopic (exact) mass is 786 g/mol. The van der Waals surface area contributed by atoms with Crippen molar-refractivity contribution in [3.05, 3.63) is 66.5 Å². The fourth-order valence-electron chi connectivity index (χ4n) is 6.02. The molecule has 1 saturated carbocycles. The Morgan fingerprint density at radius 3 is 1.91 bits per heavy atom. The summed E-state index contributed by atoms with van der Waals surface area (Å²) < 4.78 is 196. The van der Waals surface area contributed by atoms with E-state index in [1.807, 2.05) is 0 Å². The Morgan fingerprint density at radius 2 is 1.38 bits per heavy atom. The van der Waals surface area contributed by atoms with Crippen LogP contribution in [0.15, 0.2) is 60.9 Å². The third-order valence-electron chi connectivity index (χ3n) is 8.99. The van der Waals surface area contributed by atoms with Crippen LogP contribution in [0.4, 0.5) is 57.1 Å². The molecule has 0 radical (unpaired) electrons. The van der Waals surface area contributed by atoms with Gasteiger partial charge in [0.1, 0.15) is 0 Å². The number of esters is 2. The van der Waals surface area contributed by atoms with E-state index >= 15 is 8.78 Å². The molecule has 53 heavy (non-hydrogen) atoms. The molecule has 1 aromatic carbocycles. The number of carbonyl (C=O) groups excluding carboxylic acids is 2. The molecule has 1 aliphatic carbocycles. The van der Waals surface area contributed by atoms with E-state index in [1.165, 1.54) is 19.1 Å². The van der Waals surface area contributed by atoms with E-state index in [0.29, 0.717) is 5.56 Å².